The first-order valence-corrected chi connectivity index (χ1v) is 9.46. The highest BCUT2D eigenvalue weighted by Crippen LogP contribution is 2.51. The highest BCUT2D eigenvalue weighted by Gasteiger charge is 2.55. The monoisotopic (exact) mass is 340 g/mol. The molecule has 2 aromatic rings. The van der Waals surface area contributed by atoms with Gasteiger partial charge < -0.3 is 10.2 Å². The van der Waals surface area contributed by atoms with Crippen LogP contribution in [0.1, 0.15) is 44.1 Å². The number of carbonyl (C=O) groups excluding carboxylic acids is 1. The van der Waals surface area contributed by atoms with Crippen molar-refractivity contribution in [3.8, 4) is 0 Å². The third kappa shape index (κ3) is 2.95. The van der Waals surface area contributed by atoms with Crippen LogP contribution in [0.2, 0.25) is 0 Å². The molecule has 4 rings (SSSR count). The van der Waals surface area contributed by atoms with Crippen LogP contribution >= 0.6 is 0 Å². The smallest absolute Gasteiger partial charge is 0.253 e. The van der Waals surface area contributed by atoms with Gasteiger partial charge in [-0.2, -0.15) is 5.10 Å². The van der Waals surface area contributed by atoms with Crippen LogP contribution in [0, 0.1) is 17.8 Å². The number of amides is 1. The Morgan fingerprint density at radius 3 is 2.56 bits per heavy atom. The van der Waals surface area contributed by atoms with E-state index in [-0.39, 0.29) is 11.9 Å². The molecule has 2 aliphatic rings. The van der Waals surface area contributed by atoms with Crippen molar-refractivity contribution in [1.82, 2.24) is 20.0 Å². The lowest BCUT2D eigenvalue weighted by Crippen LogP contribution is -2.34. The van der Waals surface area contributed by atoms with E-state index in [1.54, 1.807) is 0 Å². The van der Waals surface area contributed by atoms with E-state index in [1.807, 2.05) is 29.1 Å². The highest BCUT2D eigenvalue weighted by atomic mass is 16.1. The summed E-state index contributed by atoms with van der Waals surface area (Å²) in [6.07, 6.45) is 2.02. The molecule has 1 aromatic heterocycles. The van der Waals surface area contributed by atoms with Gasteiger partial charge in [0.2, 0.25) is 0 Å². The molecule has 2 atom stereocenters. The van der Waals surface area contributed by atoms with E-state index in [0.29, 0.717) is 17.5 Å². The van der Waals surface area contributed by atoms with E-state index in [9.17, 15) is 4.79 Å². The standard InChI is InChI=1S/C20H28N4O/c1-12(2)23-10-17-16(18(17)11-23)8-21-20(25)15-7-5-6-14-9-24(13(3)4)22-19(14)15/h5-7,9,12-13,16-18H,8,10-11H2,1-4H3,(H,21,25). The first kappa shape index (κ1) is 16.6. The summed E-state index contributed by atoms with van der Waals surface area (Å²) in [4.78, 5) is 15.2. The number of fused-ring (bicyclic) bond motifs is 2. The van der Waals surface area contributed by atoms with Crippen LogP contribution in [0.5, 0.6) is 0 Å². The molecule has 1 N–H and O–H groups in total. The van der Waals surface area contributed by atoms with Crippen LogP contribution in [-0.2, 0) is 0 Å². The summed E-state index contributed by atoms with van der Waals surface area (Å²) < 4.78 is 1.92. The Kier molecular flexibility index (Phi) is 4.07. The summed E-state index contributed by atoms with van der Waals surface area (Å²) in [5.41, 5.74) is 1.49. The number of aromatic nitrogens is 2. The first-order valence-electron chi connectivity index (χ1n) is 9.46. The van der Waals surface area contributed by atoms with Gasteiger partial charge in [-0.15, -0.1) is 0 Å². The van der Waals surface area contributed by atoms with Gasteiger partial charge in [0.1, 0.15) is 5.52 Å². The summed E-state index contributed by atoms with van der Waals surface area (Å²) in [6, 6.07) is 6.76. The lowest BCUT2D eigenvalue weighted by molar-refractivity contribution is 0.0950. The Bertz CT molecular complexity index is 782. The molecule has 5 heteroatoms. The van der Waals surface area contributed by atoms with Crippen molar-refractivity contribution in [3.05, 3.63) is 30.0 Å². The molecule has 0 radical (unpaired) electrons. The van der Waals surface area contributed by atoms with Gasteiger partial charge in [0.05, 0.1) is 5.56 Å². The van der Waals surface area contributed by atoms with Gasteiger partial charge in [0.15, 0.2) is 0 Å². The zero-order valence-corrected chi connectivity index (χ0v) is 15.6. The lowest BCUT2D eigenvalue weighted by atomic mass is 10.1. The number of likely N-dealkylation sites (tertiary alicyclic amines) is 1. The van der Waals surface area contributed by atoms with Gasteiger partial charge in [0.25, 0.3) is 5.91 Å². The van der Waals surface area contributed by atoms with Crippen molar-refractivity contribution in [1.29, 1.82) is 0 Å². The molecule has 1 aliphatic heterocycles. The number of hydrogen-bond acceptors (Lipinski definition) is 3. The van der Waals surface area contributed by atoms with E-state index < -0.39 is 0 Å². The maximum atomic E-state index is 12.7. The molecule has 2 heterocycles. The van der Waals surface area contributed by atoms with Gasteiger partial charge in [0, 0.05) is 43.3 Å². The highest BCUT2D eigenvalue weighted by molar-refractivity contribution is 6.05. The van der Waals surface area contributed by atoms with Crippen LogP contribution in [0.3, 0.4) is 0 Å². The van der Waals surface area contributed by atoms with Crippen molar-refractivity contribution >= 4 is 16.8 Å². The molecule has 1 aromatic carbocycles. The predicted molar refractivity (Wildman–Crippen MR) is 99.6 cm³/mol. The average molecular weight is 340 g/mol. The van der Waals surface area contributed by atoms with Gasteiger partial charge in [-0.25, -0.2) is 0 Å². The van der Waals surface area contributed by atoms with Crippen LogP contribution in [-0.4, -0.2) is 46.3 Å². The summed E-state index contributed by atoms with van der Waals surface area (Å²) in [6.45, 7) is 11.9. The number of benzene rings is 1. The third-order valence-corrected chi connectivity index (χ3v) is 5.96. The Balaban J connectivity index is 1.40. The van der Waals surface area contributed by atoms with E-state index in [0.717, 1.165) is 29.3 Å². The molecule has 134 valence electrons. The second kappa shape index (κ2) is 6.13. The Morgan fingerprint density at radius 2 is 1.92 bits per heavy atom. The summed E-state index contributed by atoms with van der Waals surface area (Å²) in [5.74, 6) is 2.22. The second-order valence-corrected chi connectivity index (χ2v) is 8.20. The molecule has 2 fully saturated rings. The van der Waals surface area contributed by atoms with Crippen LogP contribution in [0.25, 0.3) is 10.9 Å². The van der Waals surface area contributed by atoms with Gasteiger partial charge in [-0.3, -0.25) is 9.48 Å². The van der Waals surface area contributed by atoms with Gasteiger partial charge >= 0.3 is 0 Å². The molecular weight excluding hydrogens is 312 g/mol. The molecule has 2 unspecified atom stereocenters. The van der Waals surface area contributed by atoms with Gasteiger partial charge in [-0.05, 0) is 51.5 Å². The van der Waals surface area contributed by atoms with E-state index >= 15 is 0 Å². The Morgan fingerprint density at radius 1 is 1.20 bits per heavy atom. The van der Waals surface area contributed by atoms with Crippen molar-refractivity contribution < 1.29 is 4.79 Å². The van der Waals surface area contributed by atoms with Crippen molar-refractivity contribution in [2.24, 2.45) is 17.8 Å². The number of nitrogens with zero attached hydrogens (tertiary/aromatic N) is 3. The molecule has 1 saturated heterocycles. The minimum atomic E-state index is 0.00490. The number of hydrogen-bond donors (Lipinski definition) is 1. The normalized spacial score (nSPS) is 25.8. The molecule has 25 heavy (non-hydrogen) atoms. The quantitative estimate of drug-likeness (QED) is 0.910. The minimum absolute atomic E-state index is 0.00490. The molecule has 5 nitrogen and oxygen atoms in total. The maximum absolute atomic E-state index is 12.7. The fourth-order valence-electron chi connectivity index (χ4n) is 4.22. The molecule has 1 amide bonds. The average Bonchev–Trinajstić information content (AvgIpc) is 2.96. The van der Waals surface area contributed by atoms with Crippen molar-refractivity contribution in [3.63, 3.8) is 0 Å². The fourth-order valence-corrected chi connectivity index (χ4v) is 4.22. The van der Waals surface area contributed by atoms with Gasteiger partial charge in [-0.1, -0.05) is 12.1 Å². The Labute approximate surface area is 149 Å². The first-order chi connectivity index (χ1) is 12.0. The van der Waals surface area contributed by atoms with Crippen molar-refractivity contribution in [2.45, 2.75) is 39.8 Å². The fraction of sp³-hybridized carbons (Fsp3) is 0.600. The topological polar surface area (TPSA) is 50.2 Å². The predicted octanol–water partition coefficient (Wildman–Crippen LogP) is 2.93. The maximum Gasteiger partial charge on any atom is 0.253 e. The second-order valence-electron chi connectivity index (χ2n) is 8.20. The number of rotatable bonds is 5. The van der Waals surface area contributed by atoms with Crippen LogP contribution in [0.15, 0.2) is 24.4 Å². The number of carbonyl (C=O) groups is 1. The molecule has 1 saturated carbocycles. The summed E-state index contributed by atoms with van der Waals surface area (Å²) in [5, 5.41) is 8.79. The van der Waals surface area contributed by atoms with E-state index in [1.165, 1.54) is 13.1 Å². The zero-order chi connectivity index (χ0) is 17.7. The molecule has 0 spiro atoms. The largest absolute Gasteiger partial charge is 0.352 e. The SMILES string of the molecule is CC(C)N1CC2C(CNC(=O)c3cccc4cn(C(C)C)nc34)C2C1. The van der Waals surface area contributed by atoms with Crippen LogP contribution < -0.4 is 5.32 Å². The summed E-state index contributed by atoms with van der Waals surface area (Å²) >= 11 is 0. The number of piperidine rings is 1. The van der Waals surface area contributed by atoms with E-state index in [4.69, 9.17) is 0 Å². The number of nitrogens with one attached hydrogen (secondary N) is 1. The molecular formula is C20H28N4O. The Hall–Kier alpha value is -1.88. The summed E-state index contributed by atoms with van der Waals surface area (Å²) in [7, 11) is 0. The zero-order valence-electron chi connectivity index (χ0n) is 15.6. The lowest BCUT2D eigenvalue weighted by Gasteiger charge is -2.23. The van der Waals surface area contributed by atoms with Crippen molar-refractivity contribution in [2.75, 3.05) is 19.6 Å². The van der Waals surface area contributed by atoms with Crippen LogP contribution in [0.4, 0.5) is 0 Å². The molecule has 0 bridgehead atoms. The molecule has 1 aliphatic carbocycles. The minimum Gasteiger partial charge on any atom is -0.352 e. The third-order valence-electron chi connectivity index (χ3n) is 5.96. The van der Waals surface area contributed by atoms with E-state index in [2.05, 4.69) is 43.0 Å².